The van der Waals surface area contributed by atoms with Gasteiger partial charge in [0.1, 0.15) is 12.0 Å². The first kappa shape index (κ1) is 14.2. The van der Waals surface area contributed by atoms with Crippen molar-refractivity contribution in [3.05, 3.63) is 35.8 Å². The molecule has 2 rings (SSSR count). The van der Waals surface area contributed by atoms with E-state index >= 15 is 0 Å². The molecule has 0 bridgehead atoms. The number of rotatable bonds is 4. The highest BCUT2D eigenvalue weighted by atomic mass is 35.5. The Hall–Kier alpha value is -2.21. The molecule has 2 aromatic heterocycles. The van der Waals surface area contributed by atoms with Gasteiger partial charge in [0.25, 0.3) is 0 Å². The Bertz CT molecular complexity index is 637. The van der Waals surface area contributed by atoms with Crippen LogP contribution in [0.3, 0.4) is 0 Å². The number of hydrogen-bond donors (Lipinski definition) is 0. The predicted molar refractivity (Wildman–Crippen MR) is 74.8 cm³/mol. The van der Waals surface area contributed by atoms with Gasteiger partial charge >= 0.3 is 5.97 Å². The molecule has 104 valence electrons. The molecular formula is C13H13ClN4O2. The van der Waals surface area contributed by atoms with Gasteiger partial charge in [-0.3, -0.25) is 4.98 Å². The fourth-order valence-electron chi connectivity index (χ4n) is 1.40. The van der Waals surface area contributed by atoms with Gasteiger partial charge in [0.2, 0.25) is 0 Å². The van der Waals surface area contributed by atoms with Crippen molar-refractivity contribution >= 4 is 23.8 Å². The topological polar surface area (TPSA) is 69.9 Å². The zero-order chi connectivity index (χ0) is 14.5. The standard InChI is InChI=1S/C13H13ClN4O2/c1-9(2)20-12(19)4-6-18-8-16-13(17-18)11-7-10(14)3-5-15-11/h3-9H,1-2H3/b6-4-. The van der Waals surface area contributed by atoms with E-state index in [2.05, 4.69) is 15.1 Å². The Morgan fingerprint density at radius 1 is 1.45 bits per heavy atom. The van der Waals surface area contributed by atoms with Crippen LogP contribution in [-0.4, -0.2) is 31.8 Å². The molecule has 7 heteroatoms. The highest BCUT2D eigenvalue weighted by Gasteiger charge is 2.05. The van der Waals surface area contributed by atoms with E-state index < -0.39 is 5.97 Å². The number of nitrogens with zero attached hydrogens (tertiary/aromatic N) is 4. The second kappa shape index (κ2) is 6.29. The Labute approximate surface area is 121 Å². The Balaban J connectivity index is 2.10. The van der Waals surface area contributed by atoms with Crippen LogP contribution in [0.25, 0.3) is 17.7 Å². The van der Waals surface area contributed by atoms with E-state index in [4.69, 9.17) is 16.3 Å². The molecular weight excluding hydrogens is 280 g/mol. The number of hydrogen-bond acceptors (Lipinski definition) is 5. The van der Waals surface area contributed by atoms with Crippen LogP contribution in [0.5, 0.6) is 0 Å². The Morgan fingerprint density at radius 3 is 2.95 bits per heavy atom. The van der Waals surface area contributed by atoms with Gasteiger partial charge < -0.3 is 4.74 Å². The number of ether oxygens (including phenoxy) is 1. The lowest BCUT2D eigenvalue weighted by Gasteiger charge is -2.03. The van der Waals surface area contributed by atoms with E-state index in [0.717, 1.165) is 0 Å². The van der Waals surface area contributed by atoms with Crippen LogP contribution in [-0.2, 0) is 9.53 Å². The summed E-state index contributed by atoms with van der Waals surface area (Å²) in [5.41, 5.74) is 0.564. The number of carbonyl (C=O) groups is 1. The fourth-order valence-corrected chi connectivity index (χ4v) is 1.56. The van der Waals surface area contributed by atoms with Crippen molar-refractivity contribution in [2.24, 2.45) is 0 Å². The molecule has 0 saturated heterocycles. The Kier molecular flexibility index (Phi) is 4.47. The van der Waals surface area contributed by atoms with E-state index in [-0.39, 0.29) is 6.10 Å². The normalized spacial score (nSPS) is 11.2. The summed E-state index contributed by atoms with van der Waals surface area (Å²) in [6.07, 6.45) is 5.63. The molecule has 0 aliphatic heterocycles. The first-order chi connectivity index (χ1) is 9.54. The molecule has 2 heterocycles. The zero-order valence-electron chi connectivity index (χ0n) is 11.0. The summed E-state index contributed by atoms with van der Waals surface area (Å²) in [5, 5.41) is 4.72. The number of pyridine rings is 1. The molecule has 0 aliphatic carbocycles. The maximum Gasteiger partial charge on any atom is 0.332 e. The Morgan fingerprint density at radius 2 is 2.25 bits per heavy atom. The molecule has 0 unspecified atom stereocenters. The smallest absolute Gasteiger partial charge is 0.332 e. The van der Waals surface area contributed by atoms with E-state index in [1.165, 1.54) is 23.3 Å². The predicted octanol–water partition coefficient (Wildman–Crippen LogP) is 2.42. The summed E-state index contributed by atoms with van der Waals surface area (Å²) >= 11 is 5.88. The first-order valence-electron chi connectivity index (χ1n) is 5.96. The van der Waals surface area contributed by atoms with Crippen molar-refractivity contribution in [3.8, 4) is 11.5 Å². The van der Waals surface area contributed by atoms with Gasteiger partial charge in [-0.2, -0.15) is 0 Å². The molecule has 0 atom stereocenters. The van der Waals surface area contributed by atoms with Crippen molar-refractivity contribution in [2.75, 3.05) is 0 Å². The summed E-state index contributed by atoms with van der Waals surface area (Å²) in [6, 6.07) is 3.34. The summed E-state index contributed by atoms with van der Waals surface area (Å²) in [5.74, 6) is -0.00712. The first-order valence-corrected chi connectivity index (χ1v) is 6.34. The van der Waals surface area contributed by atoms with Crippen LogP contribution in [0, 0.1) is 0 Å². The van der Waals surface area contributed by atoms with Crippen LogP contribution < -0.4 is 0 Å². The van der Waals surface area contributed by atoms with Gasteiger partial charge in [0.05, 0.1) is 6.10 Å². The van der Waals surface area contributed by atoms with Gasteiger partial charge in [-0.15, -0.1) is 5.10 Å². The van der Waals surface area contributed by atoms with E-state index in [0.29, 0.717) is 16.5 Å². The summed E-state index contributed by atoms with van der Waals surface area (Å²) < 4.78 is 6.36. The van der Waals surface area contributed by atoms with Gasteiger partial charge in [-0.25, -0.2) is 14.5 Å². The second-order valence-electron chi connectivity index (χ2n) is 4.21. The fraction of sp³-hybridized carbons (Fsp3) is 0.231. The average Bonchev–Trinajstić information content (AvgIpc) is 2.84. The van der Waals surface area contributed by atoms with Gasteiger partial charge in [-0.05, 0) is 26.0 Å². The van der Waals surface area contributed by atoms with Crippen molar-refractivity contribution in [2.45, 2.75) is 20.0 Å². The van der Waals surface area contributed by atoms with E-state index in [9.17, 15) is 4.79 Å². The number of esters is 1. The summed E-state index contributed by atoms with van der Waals surface area (Å²) in [4.78, 5) is 19.6. The largest absolute Gasteiger partial charge is 0.460 e. The number of halogens is 1. The average molecular weight is 293 g/mol. The van der Waals surface area contributed by atoms with Crippen LogP contribution in [0.2, 0.25) is 5.02 Å². The minimum atomic E-state index is -0.432. The lowest BCUT2D eigenvalue weighted by Crippen LogP contribution is -2.08. The van der Waals surface area contributed by atoms with Crippen LogP contribution >= 0.6 is 11.6 Å². The summed E-state index contributed by atoms with van der Waals surface area (Å²) in [6.45, 7) is 3.56. The molecule has 0 amide bonds. The molecule has 0 N–H and O–H groups in total. The molecule has 0 saturated carbocycles. The van der Waals surface area contributed by atoms with Gasteiger partial charge in [0.15, 0.2) is 5.82 Å². The van der Waals surface area contributed by atoms with Crippen molar-refractivity contribution in [1.82, 2.24) is 19.7 Å². The third kappa shape index (κ3) is 3.89. The number of aromatic nitrogens is 4. The second-order valence-corrected chi connectivity index (χ2v) is 4.65. The SMILES string of the molecule is CC(C)OC(=O)/C=C\n1cnc(-c2cc(Cl)ccn2)n1. The third-order valence-corrected chi connectivity index (χ3v) is 2.41. The molecule has 0 aliphatic rings. The van der Waals surface area contributed by atoms with E-state index in [1.54, 1.807) is 32.2 Å². The van der Waals surface area contributed by atoms with Crippen molar-refractivity contribution in [3.63, 3.8) is 0 Å². The van der Waals surface area contributed by atoms with Crippen LogP contribution in [0.1, 0.15) is 13.8 Å². The lowest BCUT2D eigenvalue weighted by atomic mass is 10.3. The molecule has 0 spiro atoms. The number of carbonyl (C=O) groups excluding carboxylic acids is 1. The third-order valence-electron chi connectivity index (χ3n) is 2.17. The molecule has 20 heavy (non-hydrogen) atoms. The van der Waals surface area contributed by atoms with Crippen LogP contribution in [0.4, 0.5) is 0 Å². The minimum Gasteiger partial charge on any atom is -0.460 e. The molecule has 0 fully saturated rings. The van der Waals surface area contributed by atoms with Crippen LogP contribution in [0.15, 0.2) is 30.7 Å². The lowest BCUT2D eigenvalue weighted by molar-refractivity contribution is -0.141. The summed E-state index contributed by atoms with van der Waals surface area (Å²) in [7, 11) is 0. The minimum absolute atomic E-state index is 0.158. The maximum atomic E-state index is 11.3. The van der Waals surface area contributed by atoms with Gasteiger partial charge in [-0.1, -0.05) is 11.6 Å². The zero-order valence-corrected chi connectivity index (χ0v) is 11.8. The van der Waals surface area contributed by atoms with E-state index in [1.807, 2.05) is 0 Å². The highest BCUT2D eigenvalue weighted by molar-refractivity contribution is 6.30. The molecule has 0 aromatic carbocycles. The maximum absolute atomic E-state index is 11.3. The quantitative estimate of drug-likeness (QED) is 0.639. The van der Waals surface area contributed by atoms with Gasteiger partial charge in [0, 0.05) is 23.5 Å². The highest BCUT2D eigenvalue weighted by Crippen LogP contribution is 2.15. The molecule has 6 nitrogen and oxygen atoms in total. The van der Waals surface area contributed by atoms with Crippen molar-refractivity contribution < 1.29 is 9.53 Å². The molecule has 0 radical (unpaired) electrons. The monoisotopic (exact) mass is 292 g/mol. The molecule has 2 aromatic rings. The van der Waals surface area contributed by atoms with Crippen molar-refractivity contribution in [1.29, 1.82) is 0 Å².